The number of fused-ring (bicyclic) bond motifs is 2. The second kappa shape index (κ2) is 4.05. The molecule has 5 nitrogen and oxygen atoms in total. The van der Waals surface area contributed by atoms with Crippen LogP contribution >= 0.6 is 0 Å². The Hall–Kier alpha value is -2.43. The van der Waals surface area contributed by atoms with E-state index in [1.165, 1.54) is 0 Å². The van der Waals surface area contributed by atoms with E-state index in [-0.39, 0.29) is 5.91 Å². The predicted octanol–water partition coefficient (Wildman–Crippen LogP) is 2.14. The van der Waals surface area contributed by atoms with Crippen LogP contribution in [0.25, 0.3) is 0 Å². The fourth-order valence-corrected chi connectivity index (χ4v) is 2.41. The summed E-state index contributed by atoms with van der Waals surface area (Å²) in [6.07, 6.45) is 3.43. The van der Waals surface area contributed by atoms with E-state index in [9.17, 15) is 4.79 Å². The molecule has 0 atom stereocenters. The highest BCUT2D eigenvalue weighted by atomic mass is 16.2. The quantitative estimate of drug-likeness (QED) is 0.722. The molecule has 0 unspecified atom stereocenters. The number of aromatic nitrogens is 2. The van der Waals surface area contributed by atoms with Crippen molar-refractivity contribution in [3.63, 3.8) is 0 Å². The van der Waals surface area contributed by atoms with Gasteiger partial charge in [-0.3, -0.25) is 4.79 Å². The van der Waals surface area contributed by atoms with Crippen LogP contribution in [0.15, 0.2) is 30.6 Å². The van der Waals surface area contributed by atoms with Crippen LogP contribution in [0.5, 0.6) is 0 Å². The maximum atomic E-state index is 12.5. The lowest BCUT2D eigenvalue weighted by molar-refractivity contribution is 0.0994. The normalized spacial score (nSPS) is 13.9. The van der Waals surface area contributed by atoms with Crippen molar-refractivity contribution in [1.29, 1.82) is 0 Å². The number of anilines is 3. The molecule has 0 radical (unpaired) electrons. The fourth-order valence-electron chi connectivity index (χ4n) is 2.41. The van der Waals surface area contributed by atoms with Crippen molar-refractivity contribution in [2.24, 2.45) is 0 Å². The Labute approximate surface area is 111 Å². The minimum absolute atomic E-state index is 0.0650. The first-order valence-corrected chi connectivity index (χ1v) is 6.03. The summed E-state index contributed by atoms with van der Waals surface area (Å²) in [4.78, 5) is 24.7. The Morgan fingerprint density at radius 1 is 1.00 bits per heavy atom. The summed E-state index contributed by atoms with van der Waals surface area (Å²) in [7, 11) is 3.65. The maximum absolute atomic E-state index is 12.5. The van der Waals surface area contributed by atoms with E-state index < -0.39 is 0 Å². The van der Waals surface area contributed by atoms with Crippen LogP contribution in [0.2, 0.25) is 0 Å². The second-order valence-corrected chi connectivity index (χ2v) is 4.60. The third-order valence-corrected chi connectivity index (χ3v) is 3.40. The summed E-state index contributed by atoms with van der Waals surface area (Å²) >= 11 is 0. The molecule has 0 spiro atoms. The number of pyridine rings is 2. The lowest BCUT2D eigenvalue weighted by Gasteiger charge is -2.21. The molecule has 1 aliphatic rings. The second-order valence-electron chi connectivity index (χ2n) is 4.60. The number of aryl methyl sites for hydroxylation is 1. The molecule has 0 saturated heterocycles. The van der Waals surface area contributed by atoms with Crippen LogP contribution in [0.4, 0.5) is 17.3 Å². The van der Waals surface area contributed by atoms with E-state index in [1.807, 2.05) is 24.9 Å². The van der Waals surface area contributed by atoms with Gasteiger partial charge in [0.25, 0.3) is 5.91 Å². The first-order chi connectivity index (χ1) is 9.11. The minimum Gasteiger partial charge on any atom is -0.312 e. The van der Waals surface area contributed by atoms with Gasteiger partial charge in [-0.1, -0.05) is 0 Å². The Kier molecular flexibility index (Phi) is 2.48. The Bertz CT molecular complexity index is 668. The van der Waals surface area contributed by atoms with Crippen molar-refractivity contribution in [2.75, 3.05) is 23.9 Å². The van der Waals surface area contributed by atoms with Gasteiger partial charge in [0.2, 0.25) is 0 Å². The van der Waals surface area contributed by atoms with Crippen LogP contribution < -0.4 is 9.80 Å². The van der Waals surface area contributed by atoms with Crippen LogP contribution in [0.3, 0.4) is 0 Å². The van der Waals surface area contributed by atoms with Gasteiger partial charge < -0.3 is 9.80 Å². The molecule has 1 amide bonds. The molecule has 3 heterocycles. The van der Waals surface area contributed by atoms with Crippen LogP contribution in [-0.2, 0) is 0 Å². The molecule has 0 fully saturated rings. The molecular formula is C14H14N4O. The Balaban J connectivity index is 2.34. The van der Waals surface area contributed by atoms with Gasteiger partial charge >= 0.3 is 0 Å². The monoisotopic (exact) mass is 254 g/mol. The third-order valence-electron chi connectivity index (χ3n) is 3.40. The van der Waals surface area contributed by atoms with Crippen molar-refractivity contribution >= 4 is 23.2 Å². The molecule has 5 heteroatoms. The van der Waals surface area contributed by atoms with Gasteiger partial charge in [-0.25, -0.2) is 9.97 Å². The van der Waals surface area contributed by atoms with E-state index in [0.717, 1.165) is 17.1 Å². The highest BCUT2D eigenvalue weighted by molar-refractivity contribution is 6.12. The van der Waals surface area contributed by atoms with E-state index in [4.69, 9.17) is 0 Å². The number of carbonyl (C=O) groups excluding carboxylic acids is 1. The van der Waals surface area contributed by atoms with Crippen molar-refractivity contribution < 1.29 is 4.79 Å². The third kappa shape index (κ3) is 1.58. The predicted molar refractivity (Wildman–Crippen MR) is 74.0 cm³/mol. The van der Waals surface area contributed by atoms with Gasteiger partial charge in [-0.05, 0) is 30.7 Å². The van der Waals surface area contributed by atoms with E-state index in [1.54, 1.807) is 36.5 Å². The van der Waals surface area contributed by atoms with Gasteiger partial charge in [0.05, 0.1) is 11.3 Å². The van der Waals surface area contributed by atoms with Gasteiger partial charge in [-0.2, -0.15) is 0 Å². The molecule has 0 aromatic carbocycles. The van der Waals surface area contributed by atoms with Gasteiger partial charge in [0, 0.05) is 26.5 Å². The molecule has 0 bridgehead atoms. The number of amides is 1. The summed E-state index contributed by atoms with van der Waals surface area (Å²) in [6, 6.07) is 5.47. The SMILES string of the molecule is Cc1ccnc2c1N(C)C(=O)c1cccnc1N2C. The molecule has 19 heavy (non-hydrogen) atoms. The van der Waals surface area contributed by atoms with Gasteiger partial charge in [0.15, 0.2) is 5.82 Å². The molecule has 96 valence electrons. The molecule has 0 saturated carbocycles. The smallest absolute Gasteiger partial charge is 0.261 e. The molecule has 2 aromatic rings. The van der Waals surface area contributed by atoms with Crippen molar-refractivity contribution in [1.82, 2.24) is 9.97 Å². The number of hydrogen-bond donors (Lipinski definition) is 0. The van der Waals surface area contributed by atoms with Crippen LogP contribution in [-0.4, -0.2) is 30.0 Å². The van der Waals surface area contributed by atoms with Gasteiger partial charge in [0.1, 0.15) is 5.82 Å². The van der Waals surface area contributed by atoms with Crippen molar-refractivity contribution in [3.05, 3.63) is 41.7 Å². The van der Waals surface area contributed by atoms with E-state index >= 15 is 0 Å². The molecule has 2 aromatic heterocycles. The zero-order valence-corrected chi connectivity index (χ0v) is 11.1. The molecule has 0 aliphatic carbocycles. The first-order valence-electron chi connectivity index (χ1n) is 6.03. The average molecular weight is 254 g/mol. The van der Waals surface area contributed by atoms with Crippen LogP contribution in [0.1, 0.15) is 15.9 Å². The number of carbonyl (C=O) groups is 1. The fraction of sp³-hybridized carbons (Fsp3) is 0.214. The number of nitrogens with zero attached hydrogens (tertiary/aromatic N) is 4. The molecule has 0 N–H and O–H groups in total. The summed E-state index contributed by atoms with van der Waals surface area (Å²) in [5.74, 6) is 1.31. The van der Waals surface area contributed by atoms with Crippen molar-refractivity contribution in [3.8, 4) is 0 Å². The van der Waals surface area contributed by atoms with Gasteiger partial charge in [-0.15, -0.1) is 0 Å². The first kappa shape index (κ1) is 11.6. The van der Waals surface area contributed by atoms with E-state index in [2.05, 4.69) is 9.97 Å². The lowest BCUT2D eigenvalue weighted by atomic mass is 10.2. The van der Waals surface area contributed by atoms with Crippen molar-refractivity contribution in [2.45, 2.75) is 6.92 Å². The van der Waals surface area contributed by atoms with E-state index in [0.29, 0.717) is 11.4 Å². The molecule has 1 aliphatic heterocycles. The summed E-state index contributed by atoms with van der Waals surface area (Å²) in [5.41, 5.74) is 2.43. The summed E-state index contributed by atoms with van der Waals surface area (Å²) in [5, 5.41) is 0. The maximum Gasteiger partial charge on any atom is 0.261 e. The van der Waals surface area contributed by atoms with Crippen LogP contribution in [0, 0.1) is 6.92 Å². The summed E-state index contributed by atoms with van der Waals surface area (Å²) < 4.78 is 0. The molecule has 3 rings (SSSR count). The minimum atomic E-state index is -0.0650. The Morgan fingerprint density at radius 2 is 1.74 bits per heavy atom. The number of hydrogen-bond acceptors (Lipinski definition) is 4. The topological polar surface area (TPSA) is 49.3 Å². The summed E-state index contributed by atoms with van der Waals surface area (Å²) in [6.45, 7) is 1.97. The zero-order chi connectivity index (χ0) is 13.6. The average Bonchev–Trinajstić information content (AvgIpc) is 2.51. The largest absolute Gasteiger partial charge is 0.312 e. The highest BCUT2D eigenvalue weighted by Gasteiger charge is 2.29. The zero-order valence-electron chi connectivity index (χ0n) is 11.1. The number of rotatable bonds is 0. The molecular weight excluding hydrogens is 240 g/mol. The highest BCUT2D eigenvalue weighted by Crippen LogP contribution is 2.37. The standard InChI is InChI=1S/C14H14N4O/c1-9-6-8-16-13-11(9)17(2)14(19)10-5-4-7-15-12(10)18(13)3/h4-8H,1-3H3. The Morgan fingerprint density at radius 3 is 2.53 bits per heavy atom. The lowest BCUT2D eigenvalue weighted by Crippen LogP contribution is -2.26.